The zero-order valence-electron chi connectivity index (χ0n) is 25.2. The third kappa shape index (κ3) is 8.03. The summed E-state index contributed by atoms with van der Waals surface area (Å²) in [5, 5.41) is 2.98. The van der Waals surface area contributed by atoms with E-state index < -0.39 is 28.5 Å². The van der Waals surface area contributed by atoms with Crippen molar-refractivity contribution in [2.45, 2.75) is 64.1 Å². The molecular formula is C32H41N3O6S. The Morgan fingerprint density at radius 3 is 1.88 bits per heavy atom. The van der Waals surface area contributed by atoms with Crippen LogP contribution in [0.2, 0.25) is 0 Å². The highest BCUT2D eigenvalue weighted by atomic mass is 32.2. The van der Waals surface area contributed by atoms with Gasteiger partial charge in [0.15, 0.2) is 0 Å². The van der Waals surface area contributed by atoms with Crippen molar-refractivity contribution in [1.29, 1.82) is 0 Å². The molecule has 0 bridgehead atoms. The minimum atomic E-state index is -4.16. The first kappa shape index (κ1) is 32.5. The average molecular weight is 596 g/mol. The van der Waals surface area contributed by atoms with Crippen molar-refractivity contribution in [2.24, 2.45) is 0 Å². The van der Waals surface area contributed by atoms with Crippen molar-refractivity contribution in [3.8, 4) is 11.5 Å². The summed E-state index contributed by atoms with van der Waals surface area (Å²) in [5.74, 6) is 0.383. The number of carbonyl (C=O) groups excluding carboxylic acids is 2. The Kier molecular flexibility index (Phi) is 11.4. The SMILES string of the molecule is CC[C@@H](C)NC(=O)[C@H](CC)N(Cc1ccc(OC)cc1)C(=O)CN(c1ccc(C)cc1)S(=O)(=O)c1ccc(OC)cc1. The lowest BCUT2D eigenvalue weighted by atomic mass is 10.1. The van der Waals surface area contributed by atoms with Gasteiger partial charge in [0.25, 0.3) is 10.0 Å². The number of nitrogens with one attached hydrogen (secondary N) is 1. The number of hydrogen-bond acceptors (Lipinski definition) is 6. The molecule has 0 aliphatic heterocycles. The van der Waals surface area contributed by atoms with Gasteiger partial charge in [0.1, 0.15) is 24.1 Å². The molecule has 3 aromatic carbocycles. The highest BCUT2D eigenvalue weighted by Gasteiger charge is 2.34. The van der Waals surface area contributed by atoms with E-state index in [-0.39, 0.29) is 23.4 Å². The summed E-state index contributed by atoms with van der Waals surface area (Å²) in [5.41, 5.74) is 2.06. The quantitative estimate of drug-likeness (QED) is 0.283. The maximum atomic E-state index is 14.2. The van der Waals surface area contributed by atoms with Crippen LogP contribution in [-0.4, -0.2) is 58.0 Å². The lowest BCUT2D eigenvalue weighted by Gasteiger charge is -2.33. The molecule has 0 aliphatic carbocycles. The molecule has 0 aromatic heterocycles. The molecule has 0 heterocycles. The van der Waals surface area contributed by atoms with Gasteiger partial charge in [0, 0.05) is 12.6 Å². The molecular weight excluding hydrogens is 554 g/mol. The zero-order chi connectivity index (χ0) is 30.9. The molecule has 0 unspecified atom stereocenters. The smallest absolute Gasteiger partial charge is 0.264 e. The molecule has 2 amide bonds. The van der Waals surface area contributed by atoms with Gasteiger partial charge in [-0.2, -0.15) is 0 Å². The standard InChI is InChI=1S/C32H41N3O6S/c1-7-24(4)33-32(37)30(8-2)34(21-25-11-15-27(40-5)16-12-25)31(36)22-35(26-13-9-23(3)10-14-26)42(38,39)29-19-17-28(41-6)18-20-29/h9-20,24,30H,7-8,21-22H2,1-6H3,(H,33,37)/t24-,30+/m1/s1. The van der Waals surface area contributed by atoms with Crippen LogP contribution in [0.25, 0.3) is 0 Å². The van der Waals surface area contributed by atoms with Crippen LogP contribution >= 0.6 is 0 Å². The fourth-order valence-corrected chi connectivity index (χ4v) is 5.82. The number of rotatable bonds is 14. The Morgan fingerprint density at radius 2 is 1.38 bits per heavy atom. The second-order valence-corrected chi connectivity index (χ2v) is 12.0. The molecule has 0 spiro atoms. The van der Waals surface area contributed by atoms with E-state index in [0.29, 0.717) is 23.6 Å². The molecule has 0 saturated carbocycles. The molecule has 226 valence electrons. The lowest BCUT2D eigenvalue weighted by molar-refractivity contribution is -0.140. The van der Waals surface area contributed by atoms with Crippen LogP contribution in [0.3, 0.4) is 0 Å². The first-order valence-corrected chi connectivity index (χ1v) is 15.4. The molecule has 0 radical (unpaired) electrons. The summed E-state index contributed by atoms with van der Waals surface area (Å²) in [6, 6.07) is 19.3. The van der Waals surface area contributed by atoms with Gasteiger partial charge in [0.2, 0.25) is 11.8 Å². The van der Waals surface area contributed by atoms with Crippen molar-refractivity contribution in [3.63, 3.8) is 0 Å². The minimum absolute atomic E-state index is 0.0138. The maximum absolute atomic E-state index is 14.2. The predicted molar refractivity (Wildman–Crippen MR) is 164 cm³/mol. The number of aryl methyl sites for hydroxylation is 1. The molecule has 3 rings (SSSR count). The van der Waals surface area contributed by atoms with Gasteiger partial charge in [0.05, 0.1) is 24.8 Å². The van der Waals surface area contributed by atoms with Crippen LogP contribution in [0.15, 0.2) is 77.7 Å². The summed E-state index contributed by atoms with van der Waals surface area (Å²) in [7, 11) is -1.10. The van der Waals surface area contributed by atoms with Gasteiger partial charge < -0.3 is 19.7 Å². The number of ether oxygens (including phenoxy) is 2. The van der Waals surface area contributed by atoms with Crippen LogP contribution in [-0.2, 0) is 26.2 Å². The highest BCUT2D eigenvalue weighted by molar-refractivity contribution is 7.92. The molecule has 2 atom stereocenters. The Hall–Kier alpha value is -4.05. The number of sulfonamides is 1. The van der Waals surface area contributed by atoms with Crippen LogP contribution in [0, 0.1) is 6.92 Å². The molecule has 0 saturated heterocycles. The Morgan fingerprint density at radius 1 is 0.833 bits per heavy atom. The van der Waals surface area contributed by atoms with E-state index in [1.54, 1.807) is 55.6 Å². The number of carbonyl (C=O) groups is 2. The third-order valence-corrected chi connectivity index (χ3v) is 8.94. The van der Waals surface area contributed by atoms with E-state index in [2.05, 4.69) is 5.32 Å². The van der Waals surface area contributed by atoms with Gasteiger partial charge in [-0.05, 0) is 80.8 Å². The minimum Gasteiger partial charge on any atom is -0.497 e. The van der Waals surface area contributed by atoms with Crippen LogP contribution in [0.1, 0.15) is 44.7 Å². The molecule has 3 aromatic rings. The molecule has 42 heavy (non-hydrogen) atoms. The molecule has 9 nitrogen and oxygen atoms in total. The monoisotopic (exact) mass is 595 g/mol. The van der Waals surface area contributed by atoms with Crippen LogP contribution in [0.5, 0.6) is 11.5 Å². The fourth-order valence-electron chi connectivity index (χ4n) is 4.40. The van der Waals surface area contributed by atoms with Crippen LogP contribution in [0.4, 0.5) is 5.69 Å². The first-order valence-electron chi connectivity index (χ1n) is 14.0. The Balaban J connectivity index is 2.05. The van der Waals surface area contributed by atoms with E-state index in [1.165, 1.54) is 24.1 Å². The second-order valence-electron chi connectivity index (χ2n) is 10.1. The van der Waals surface area contributed by atoms with Gasteiger partial charge in [-0.1, -0.05) is 43.7 Å². The topological polar surface area (TPSA) is 105 Å². The van der Waals surface area contributed by atoms with Gasteiger partial charge in [-0.25, -0.2) is 8.42 Å². The van der Waals surface area contributed by atoms with E-state index in [1.807, 2.05) is 39.8 Å². The number of nitrogens with zero attached hydrogens (tertiary/aromatic N) is 2. The number of anilines is 1. The Labute approximate surface area is 249 Å². The molecule has 0 aliphatic rings. The normalized spacial score (nSPS) is 12.6. The van der Waals surface area contributed by atoms with Crippen molar-refractivity contribution in [1.82, 2.24) is 10.2 Å². The highest BCUT2D eigenvalue weighted by Crippen LogP contribution is 2.26. The van der Waals surface area contributed by atoms with Crippen molar-refractivity contribution >= 4 is 27.5 Å². The first-order chi connectivity index (χ1) is 20.0. The van der Waals surface area contributed by atoms with E-state index in [9.17, 15) is 18.0 Å². The second kappa shape index (κ2) is 14.7. The van der Waals surface area contributed by atoms with Crippen molar-refractivity contribution in [3.05, 3.63) is 83.9 Å². The predicted octanol–water partition coefficient (Wildman–Crippen LogP) is 4.93. The maximum Gasteiger partial charge on any atom is 0.264 e. The summed E-state index contributed by atoms with van der Waals surface area (Å²) in [6.45, 7) is 7.22. The van der Waals surface area contributed by atoms with Crippen LogP contribution < -0.4 is 19.1 Å². The van der Waals surface area contributed by atoms with Gasteiger partial charge in [-0.3, -0.25) is 13.9 Å². The summed E-state index contributed by atoms with van der Waals surface area (Å²) in [4.78, 5) is 29.0. The summed E-state index contributed by atoms with van der Waals surface area (Å²) >= 11 is 0. The number of benzene rings is 3. The van der Waals surface area contributed by atoms with Gasteiger partial charge >= 0.3 is 0 Å². The van der Waals surface area contributed by atoms with Crippen molar-refractivity contribution < 1.29 is 27.5 Å². The number of methoxy groups -OCH3 is 2. The summed E-state index contributed by atoms with van der Waals surface area (Å²) in [6.07, 6.45) is 1.08. The van der Waals surface area contributed by atoms with Gasteiger partial charge in [-0.15, -0.1) is 0 Å². The fraction of sp³-hybridized carbons (Fsp3) is 0.375. The van der Waals surface area contributed by atoms with E-state index in [0.717, 1.165) is 21.9 Å². The number of amides is 2. The summed E-state index contributed by atoms with van der Waals surface area (Å²) < 4.78 is 39.5. The molecule has 1 N–H and O–H groups in total. The largest absolute Gasteiger partial charge is 0.497 e. The molecule has 0 fully saturated rings. The lowest BCUT2D eigenvalue weighted by Crippen LogP contribution is -2.53. The molecule has 10 heteroatoms. The van der Waals surface area contributed by atoms with E-state index >= 15 is 0 Å². The van der Waals surface area contributed by atoms with Crippen molar-refractivity contribution in [2.75, 3.05) is 25.1 Å². The third-order valence-electron chi connectivity index (χ3n) is 7.15. The zero-order valence-corrected chi connectivity index (χ0v) is 26.0. The number of hydrogen-bond donors (Lipinski definition) is 1. The van der Waals surface area contributed by atoms with E-state index in [4.69, 9.17) is 9.47 Å². The Bertz CT molecular complexity index is 1420. The average Bonchev–Trinajstić information content (AvgIpc) is 3.00.